The highest BCUT2D eigenvalue weighted by Crippen LogP contribution is 2.38. The van der Waals surface area contributed by atoms with Crippen LogP contribution in [0.25, 0.3) is 0 Å². The highest BCUT2D eigenvalue weighted by atomic mass is 16.8. The predicted octanol–water partition coefficient (Wildman–Crippen LogP) is 0.880. The van der Waals surface area contributed by atoms with Crippen molar-refractivity contribution < 1.29 is 23.7 Å². The first-order valence-corrected chi connectivity index (χ1v) is 5.00. The molecule has 0 saturated carbocycles. The Labute approximate surface area is 95.3 Å². The van der Waals surface area contributed by atoms with E-state index in [-0.39, 0.29) is 0 Å². The van der Waals surface area contributed by atoms with Gasteiger partial charge in [-0.05, 0) is 13.8 Å². The standard InChI is InChI=1S/C11H18O5/c1-6-8-9(7-12)16-11(3,14-5)10(2,13-4)15-8/h6-9H,1H2,2-5H3/t8-,9-,10+,11+/m1/s1. The zero-order valence-electron chi connectivity index (χ0n) is 10.1. The summed E-state index contributed by atoms with van der Waals surface area (Å²) in [5, 5.41) is 0. The van der Waals surface area contributed by atoms with Crippen molar-refractivity contribution in [3.8, 4) is 0 Å². The minimum Gasteiger partial charge on any atom is -0.349 e. The molecule has 0 unspecified atom stereocenters. The zero-order valence-corrected chi connectivity index (χ0v) is 10.1. The van der Waals surface area contributed by atoms with Gasteiger partial charge in [-0.3, -0.25) is 0 Å². The largest absolute Gasteiger partial charge is 0.349 e. The van der Waals surface area contributed by atoms with Crippen molar-refractivity contribution in [3.05, 3.63) is 12.7 Å². The minimum atomic E-state index is -1.15. The fourth-order valence-electron chi connectivity index (χ4n) is 1.62. The molecule has 0 bridgehead atoms. The summed E-state index contributed by atoms with van der Waals surface area (Å²) in [6.07, 6.45) is 0.876. The molecule has 0 aromatic rings. The van der Waals surface area contributed by atoms with Crippen LogP contribution in [0.3, 0.4) is 0 Å². The second-order valence-electron chi connectivity index (χ2n) is 3.84. The fraction of sp³-hybridized carbons (Fsp3) is 0.727. The first-order valence-electron chi connectivity index (χ1n) is 5.00. The predicted molar refractivity (Wildman–Crippen MR) is 56.8 cm³/mol. The normalized spacial score (nSPS) is 44.0. The van der Waals surface area contributed by atoms with E-state index in [4.69, 9.17) is 18.9 Å². The lowest BCUT2D eigenvalue weighted by Crippen LogP contribution is -2.65. The number of carbonyl (C=O) groups excluding carboxylic acids is 1. The summed E-state index contributed by atoms with van der Waals surface area (Å²) in [6.45, 7) is 6.94. The molecule has 0 aromatic heterocycles. The molecule has 0 radical (unpaired) electrons. The van der Waals surface area contributed by atoms with Crippen LogP contribution in [-0.4, -0.2) is 44.3 Å². The SMILES string of the molecule is C=C[C@H]1O[C@](C)(OC)[C@@](C)(OC)O[C@@H]1C=O. The van der Waals surface area contributed by atoms with Crippen molar-refractivity contribution in [2.24, 2.45) is 0 Å². The molecule has 4 atom stereocenters. The van der Waals surface area contributed by atoms with Crippen LogP contribution in [0.4, 0.5) is 0 Å². The van der Waals surface area contributed by atoms with Crippen LogP contribution in [0.15, 0.2) is 12.7 Å². The highest BCUT2D eigenvalue weighted by Gasteiger charge is 2.56. The van der Waals surface area contributed by atoms with E-state index in [0.717, 1.165) is 0 Å². The van der Waals surface area contributed by atoms with E-state index >= 15 is 0 Å². The van der Waals surface area contributed by atoms with Crippen LogP contribution in [0, 0.1) is 0 Å². The minimum absolute atomic E-state index is 0.550. The molecule has 16 heavy (non-hydrogen) atoms. The van der Waals surface area contributed by atoms with E-state index in [9.17, 15) is 4.79 Å². The van der Waals surface area contributed by atoms with Gasteiger partial charge in [0.2, 0.25) is 11.6 Å². The van der Waals surface area contributed by atoms with Crippen molar-refractivity contribution in [1.29, 1.82) is 0 Å². The molecule has 0 spiro atoms. The van der Waals surface area contributed by atoms with Gasteiger partial charge in [-0.2, -0.15) is 0 Å². The first kappa shape index (κ1) is 13.3. The van der Waals surface area contributed by atoms with Crippen molar-refractivity contribution in [2.45, 2.75) is 37.6 Å². The Hall–Kier alpha value is -0.750. The Morgan fingerprint density at radius 2 is 1.56 bits per heavy atom. The molecule has 1 aliphatic heterocycles. The number of hydrogen-bond donors (Lipinski definition) is 0. The molecule has 0 aliphatic carbocycles. The highest BCUT2D eigenvalue weighted by molar-refractivity contribution is 5.58. The Kier molecular flexibility index (Phi) is 3.85. The van der Waals surface area contributed by atoms with E-state index in [1.807, 2.05) is 0 Å². The molecule has 0 N–H and O–H groups in total. The molecule has 5 nitrogen and oxygen atoms in total. The monoisotopic (exact) mass is 230 g/mol. The smallest absolute Gasteiger partial charge is 0.221 e. The van der Waals surface area contributed by atoms with Crippen molar-refractivity contribution in [1.82, 2.24) is 0 Å². The van der Waals surface area contributed by atoms with Crippen LogP contribution in [0.5, 0.6) is 0 Å². The third kappa shape index (κ3) is 1.91. The Bertz CT molecular complexity index is 252. The van der Waals surface area contributed by atoms with Gasteiger partial charge in [0.25, 0.3) is 0 Å². The topological polar surface area (TPSA) is 54.0 Å². The van der Waals surface area contributed by atoms with Crippen LogP contribution in [-0.2, 0) is 23.7 Å². The maximum atomic E-state index is 10.9. The molecule has 0 amide bonds. The van der Waals surface area contributed by atoms with E-state index in [1.54, 1.807) is 13.8 Å². The number of carbonyl (C=O) groups is 1. The summed E-state index contributed by atoms with van der Waals surface area (Å²) >= 11 is 0. The van der Waals surface area contributed by atoms with Crippen LogP contribution < -0.4 is 0 Å². The summed E-state index contributed by atoms with van der Waals surface area (Å²) in [6, 6.07) is 0. The maximum Gasteiger partial charge on any atom is 0.221 e. The lowest BCUT2D eigenvalue weighted by Gasteiger charge is -2.50. The summed E-state index contributed by atoms with van der Waals surface area (Å²) in [4.78, 5) is 10.9. The first-order chi connectivity index (χ1) is 7.46. The van der Waals surface area contributed by atoms with Gasteiger partial charge in [0, 0.05) is 14.2 Å². The molecule has 1 aliphatic rings. The van der Waals surface area contributed by atoms with Crippen molar-refractivity contribution in [3.63, 3.8) is 0 Å². The third-order valence-electron chi connectivity index (χ3n) is 3.02. The zero-order chi connectivity index (χ0) is 12.4. The molecule has 1 rings (SSSR count). The molecule has 0 aromatic carbocycles. The lowest BCUT2D eigenvalue weighted by molar-refractivity contribution is -0.435. The van der Waals surface area contributed by atoms with Gasteiger partial charge in [0.15, 0.2) is 6.29 Å². The average molecular weight is 230 g/mol. The molecule has 1 saturated heterocycles. The second-order valence-corrected chi connectivity index (χ2v) is 3.84. The fourth-order valence-corrected chi connectivity index (χ4v) is 1.62. The summed E-state index contributed by atoms with van der Waals surface area (Å²) in [5.74, 6) is -2.24. The van der Waals surface area contributed by atoms with Crippen molar-refractivity contribution in [2.75, 3.05) is 14.2 Å². The Morgan fingerprint density at radius 3 is 1.88 bits per heavy atom. The quantitative estimate of drug-likeness (QED) is 0.530. The van der Waals surface area contributed by atoms with Gasteiger partial charge < -0.3 is 23.7 Å². The van der Waals surface area contributed by atoms with Gasteiger partial charge in [0.1, 0.15) is 12.2 Å². The van der Waals surface area contributed by atoms with E-state index < -0.39 is 23.8 Å². The van der Waals surface area contributed by atoms with Gasteiger partial charge in [-0.1, -0.05) is 6.08 Å². The number of hydrogen-bond acceptors (Lipinski definition) is 5. The number of ether oxygens (including phenoxy) is 4. The summed E-state index contributed by atoms with van der Waals surface area (Å²) < 4.78 is 21.8. The van der Waals surface area contributed by atoms with E-state index in [1.165, 1.54) is 20.3 Å². The van der Waals surface area contributed by atoms with Gasteiger partial charge in [-0.15, -0.1) is 6.58 Å². The molecule has 1 heterocycles. The Balaban J connectivity index is 3.03. The van der Waals surface area contributed by atoms with Crippen LogP contribution in [0.2, 0.25) is 0 Å². The van der Waals surface area contributed by atoms with E-state index in [0.29, 0.717) is 6.29 Å². The Morgan fingerprint density at radius 1 is 1.12 bits per heavy atom. The lowest BCUT2D eigenvalue weighted by atomic mass is 10.0. The third-order valence-corrected chi connectivity index (χ3v) is 3.02. The van der Waals surface area contributed by atoms with E-state index in [2.05, 4.69) is 6.58 Å². The second kappa shape index (κ2) is 4.63. The molecular formula is C11H18O5. The number of rotatable bonds is 4. The summed E-state index contributed by atoms with van der Waals surface area (Å²) in [7, 11) is 2.96. The van der Waals surface area contributed by atoms with Gasteiger partial charge in [0.05, 0.1) is 0 Å². The van der Waals surface area contributed by atoms with Crippen LogP contribution in [0.1, 0.15) is 13.8 Å². The van der Waals surface area contributed by atoms with Gasteiger partial charge in [-0.25, -0.2) is 0 Å². The maximum absolute atomic E-state index is 10.9. The molecular weight excluding hydrogens is 212 g/mol. The number of aldehydes is 1. The molecule has 1 fully saturated rings. The van der Waals surface area contributed by atoms with Gasteiger partial charge >= 0.3 is 0 Å². The molecule has 5 heteroatoms. The van der Waals surface area contributed by atoms with Crippen molar-refractivity contribution >= 4 is 6.29 Å². The average Bonchev–Trinajstić information content (AvgIpc) is 2.31. The molecule has 92 valence electrons. The van der Waals surface area contributed by atoms with Crippen LogP contribution >= 0.6 is 0 Å². The number of methoxy groups -OCH3 is 2. The summed E-state index contributed by atoms with van der Waals surface area (Å²) in [5.41, 5.74) is 0.